The maximum Gasteiger partial charge on any atom is 0.225 e. The Morgan fingerprint density at radius 2 is 1.84 bits per heavy atom. The number of benzene rings is 2. The highest BCUT2D eigenvalue weighted by atomic mass is 32.2. The number of aryl methyl sites for hydroxylation is 1. The Labute approximate surface area is 190 Å². The van der Waals surface area contributed by atoms with Crippen LogP contribution in [0.1, 0.15) is 24.0 Å². The number of halogens is 2. The van der Waals surface area contributed by atoms with Gasteiger partial charge in [0.05, 0.1) is 5.92 Å². The second-order valence-corrected chi connectivity index (χ2v) is 8.94. The number of hydrogen-bond donors (Lipinski definition) is 1. The lowest BCUT2D eigenvalue weighted by Crippen LogP contribution is -2.43. The molecule has 0 aliphatic carbocycles. The van der Waals surface area contributed by atoms with Gasteiger partial charge in [0.25, 0.3) is 0 Å². The number of rotatable bonds is 6. The molecule has 8 heteroatoms. The lowest BCUT2D eigenvalue weighted by Gasteiger charge is -2.33. The number of aromatic nitrogens is 2. The van der Waals surface area contributed by atoms with Crippen molar-refractivity contribution in [2.45, 2.75) is 36.2 Å². The summed E-state index contributed by atoms with van der Waals surface area (Å²) < 4.78 is 26.8. The normalized spacial score (nSPS) is 16.1. The van der Waals surface area contributed by atoms with E-state index in [0.29, 0.717) is 12.1 Å². The van der Waals surface area contributed by atoms with Crippen molar-refractivity contribution < 1.29 is 13.6 Å². The second kappa shape index (κ2) is 10.1. The number of amides is 1. The standard InChI is InChI=1S/C24H24F2N4OS/c1-16-4-6-21(7-5-16)32-24-22(27-8-9-28-24)30-10-2-3-18(15-30)23(31)29-14-17-11-19(25)13-20(26)12-17/h4-9,11-13,18H,2-3,10,14-15H2,1H3,(H,29,31)/t18-/m0/s1. The van der Waals surface area contributed by atoms with Crippen molar-refractivity contribution in [1.29, 1.82) is 0 Å². The lowest BCUT2D eigenvalue weighted by molar-refractivity contribution is -0.125. The summed E-state index contributed by atoms with van der Waals surface area (Å²) in [4.78, 5) is 25.0. The fraction of sp³-hybridized carbons (Fsp3) is 0.292. The van der Waals surface area contributed by atoms with Crippen LogP contribution in [0.25, 0.3) is 0 Å². The third-order valence-electron chi connectivity index (χ3n) is 5.36. The first-order valence-electron chi connectivity index (χ1n) is 10.5. The maximum absolute atomic E-state index is 13.4. The van der Waals surface area contributed by atoms with Crippen molar-refractivity contribution in [3.8, 4) is 0 Å². The lowest BCUT2D eigenvalue weighted by atomic mass is 9.97. The number of piperidine rings is 1. The molecule has 2 heterocycles. The zero-order chi connectivity index (χ0) is 22.5. The van der Waals surface area contributed by atoms with Crippen molar-refractivity contribution in [3.63, 3.8) is 0 Å². The van der Waals surface area contributed by atoms with E-state index in [4.69, 9.17) is 0 Å². The molecule has 0 spiro atoms. The summed E-state index contributed by atoms with van der Waals surface area (Å²) in [6, 6.07) is 11.5. The second-order valence-electron chi connectivity index (χ2n) is 7.88. The molecule has 2 aromatic carbocycles. The highest BCUT2D eigenvalue weighted by Crippen LogP contribution is 2.34. The molecular formula is C24H24F2N4OS. The molecule has 1 atom stereocenters. The van der Waals surface area contributed by atoms with Crippen LogP contribution < -0.4 is 10.2 Å². The first-order chi connectivity index (χ1) is 15.5. The van der Waals surface area contributed by atoms with Crippen molar-refractivity contribution >= 4 is 23.5 Å². The first kappa shape index (κ1) is 22.2. The van der Waals surface area contributed by atoms with Crippen LogP contribution in [0.2, 0.25) is 0 Å². The van der Waals surface area contributed by atoms with Gasteiger partial charge in [0.15, 0.2) is 5.82 Å². The number of carbonyl (C=O) groups is 1. The van der Waals surface area contributed by atoms with Gasteiger partial charge in [-0.15, -0.1) is 0 Å². The molecule has 1 N–H and O–H groups in total. The number of carbonyl (C=O) groups excluding carboxylic acids is 1. The van der Waals surface area contributed by atoms with Crippen molar-refractivity contribution in [2.75, 3.05) is 18.0 Å². The Morgan fingerprint density at radius 1 is 1.12 bits per heavy atom. The van der Waals surface area contributed by atoms with Gasteiger partial charge in [0.2, 0.25) is 5.91 Å². The average Bonchev–Trinajstić information content (AvgIpc) is 2.79. The molecule has 1 aliphatic heterocycles. The van der Waals surface area contributed by atoms with Crippen molar-refractivity contribution in [1.82, 2.24) is 15.3 Å². The molecule has 0 saturated carbocycles. The predicted molar refractivity (Wildman–Crippen MR) is 120 cm³/mol. The Balaban J connectivity index is 1.42. The SMILES string of the molecule is Cc1ccc(Sc2nccnc2N2CCC[C@H](C(=O)NCc3cc(F)cc(F)c3)C2)cc1. The molecule has 1 saturated heterocycles. The maximum atomic E-state index is 13.4. The zero-order valence-corrected chi connectivity index (χ0v) is 18.5. The number of hydrogen-bond acceptors (Lipinski definition) is 5. The van der Waals surface area contributed by atoms with Crippen LogP contribution in [0.3, 0.4) is 0 Å². The van der Waals surface area contributed by atoms with Crippen LogP contribution in [0, 0.1) is 24.5 Å². The van der Waals surface area contributed by atoms with Gasteiger partial charge in [-0.25, -0.2) is 18.7 Å². The van der Waals surface area contributed by atoms with Crippen LogP contribution in [0.15, 0.2) is 64.8 Å². The zero-order valence-electron chi connectivity index (χ0n) is 17.7. The van der Waals surface area contributed by atoms with Crippen LogP contribution in [0.5, 0.6) is 0 Å². The summed E-state index contributed by atoms with van der Waals surface area (Å²) in [5.41, 5.74) is 1.59. The van der Waals surface area contributed by atoms with E-state index in [9.17, 15) is 13.6 Å². The van der Waals surface area contributed by atoms with E-state index in [0.717, 1.165) is 41.2 Å². The number of anilines is 1. The summed E-state index contributed by atoms with van der Waals surface area (Å²) in [7, 11) is 0. The number of nitrogens with zero attached hydrogens (tertiary/aromatic N) is 3. The van der Waals surface area contributed by atoms with E-state index in [1.807, 2.05) is 6.92 Å². The molecule has 4 rings (SSSR count). The largest absolute Gasteiger partial charge is 0.354 e. The molecule has 166 valence electrons. The third-order valence-corrected chi connectivity index (χ3v) is 6.35. The minimum atomic E-state index is -0.653. The van der Waals surface area contributed by atoms with E-state index in [1.165, 1.54) is 17.7 Å². The van der Waals surface area contributed by atoms with E-state index in [-0.39, 0.29) is 18.4 Å². The Morgan fingerprint density at radius 3 is 2.59 bits per heavy atom. The molecule has 5 nitrogen and oxygen atoms in total. The van der Waals surface area contributed by atoms with Gasteiger partial charge in [0, 0.05) is 43.0 Å². The Hall–Kier alpha value is -3.00. The summed E-state index contributed by atoms with van der Waals surface area (Å²) >= 11 is 1.55. The fourth-order valence-corrected chi connectivity index (χ4v) is 4.64. The molecule has 1 aromatic heterocycles. The minimum absolute atomic E-state index is 0.0870. The minimum Gasteiger partial charge on any atom is -0.354 e. The first-order valence-corrected chi connectivity index (χ1v) is 11.3. The highest BCUT2D eigenvalue weighted by molar-refractivity contribution is 7.99. The molecular weight excluding hydrogens is 430 g/mol. The number of nitrogens with one attached hydrogen (secondary N) is 1. The smallest absolute Gasteiger partial charge is 0.225 e. The quantitative estimate of drug-likeness (QED) is 0.583. The average molecular weight is 455 g/mol. The van der Waals surface area contributed by atoms with Gasteiger partial charge in [-0.1, -0.05) is 29.5 Å². The molecule has 0 unspecified atom stereocenters. The molecule has 32 heavy (non-hydrogen) atoms. The van der Waals surface area contributed by atoms with E-state index >= 15 is 0 Å². The topological polar surface area (TPSA) is 58.1 Å². The molecule has 0 bridgehead atoms. The summed E-state index contributed by atoms with van der Waals surface area (Å²) in [6.45, 7) is 3.44. The highest BCUT2D eigenvalue weighted by Gasteiger charge is 2.28. The Kier molecular flexibility index (Phi) is 6.99. The van der Waals surface area contributed by atoms with Gasteiger partial charge in [-0.3, -0.25) is 4.79 Å². The van der Waals surface area contributed by atoms with Crippen molar-refractivity contribution in [2.24, 2.45) is 5.92 Å². The summed E-state index contributed by atoms with van der Waals surface area (Å²) in [5, 5.41) is 3.61. The summed E-state index contributed by atoms with van der Waals surface area (Å²) in [6.07, 6.45) is 4.93. The fourth-order valence-electron chi connectivity index (χ4n) is 3.75. The van der Waals surface area contributed by atoms with Crippen LogP contribution in [0.4, 0.5) is 14.6 Å². The molecule has 3 aromatic rings. The summed E-state index contributed by atoms with van der Waals surface area (Å²) in [5.74, 6) is -0.904. The van der Waals surface area contributed by atoms with Crippen LogP contribution >= 0.6 is 11.8 Å². The van der Waals surface area contributed by atoms with Crippen molar-refractivity contribution in [3.05, 3.63) is 77.6 Å². The third kappa shape index (κ3) is 5.62. The van der Waals surface area contributed by atoms with Gasteiger partial charge < -0.3 is 10.2 Å². The predicted octanol–water partition coefficient (Wildman–Crippen LogP) is 4.75. The van der Waals surface area contributed by atoms with Gasteiger partial charge in [-0.2, -0.15) is 0 Å². The molecule has 1 fully saturated rings. The van der Waals surface area contributed by atoms with Crippen LogP contribution in [-0.4, -0.2) is 29.0 Å². The monoisotopic (exact) mass is 454 g/mol. The molecule has 1 amide bonds. The van der Waals surface area contributed by atoms with Gasteiger partial charge in [0.1, 0.15) is 16.7 Å². The van der Waals surface area contributed by atoms with E-state index < -0.39 is 11.6 Å². The van der Waals surface area contributed by atoms with Gasteiger partial charge >= 0.3 is 0 Å². The van der Waals surface area contributed by atoms with Gasteiger partial charge in [-0.05, 0) is 49.6 Å². The molecule has 1 aliphatic rings. The Bertz CT molecular complexity index is 1070. The van der Waals surface area contributed by atoms with E-state index in [2.05, 4.69) is 44.5 Å². The van der Waals surface area contributed by atoms with Crippen LogP contribution in [-0.2, 0) is 11.3 Å². The molecule has 0 radical (unpaired) electrons. The van der Waals surface area contributed by atoms with E-state index in [1.54, 1.807) is 24.2 Å².